The van der Waals surface area contributed by atoms with Gasteiger partial charge in [0.15, 0.2) is 0 Å². The molecule has 4 aromatic rings. The number of nitrogens with zero attached hydrogens (tertiary/aromatic N) is 2. The van der Waals surface area contributed by atoms with Crippen LogP contribution in [-0.2, 0) is 4.79 Å². The van der Waals surface area contributed by atoms with Crippen molar-refractivity contribution in [1.29, 1.82) is 0 Å². The molecule has 0 radical (unpaired) electrons. The van der Waals surface area contributed by atoms with Gasteiger partial charge in [0.1, 0.15) is 6.61 Å². The van der Waals surface area contributed by atoms with E-state index in [0.29, 0.717) is 25.5 Å². The number of hydrogen-bond donors (Lipinski definition) is 1. The SMILES string of the molecule is O=C(CC(c1ccccc1)c1ccccc1)NCCOc1ccc(-c2ccccc2)nn1. The summed E-state index contributed by atoms with van der Waals surface area (Å²) in [4.78, 5) is 12.6. The number of carbonyl (C=O) groups excluding carboxylic acids is 1. The topological polar surface area (TPSA) is 64.1 Å². The number of ether oxygens (including phenoxy) is 1. The normalized spacial score (nSPS) is 10.7. The fourth-order valence-electron chi connectivity index (χ4n) is 3.56. The molecule has 0 aliphatic heterocycles. The van der Waals surface area contributed by atoms with E-state index in [-0.39, 0.29) is 11.8 Å². The van der Waals surface area contributed by atoms with Crippen molar-refractivity contribution in [1.82, 2.24) is 15.5 Å². The van der Waals surface area contributed by atoms with Crippen LogP contribution in [0.15, 0.2) is 103 Å². The molecule has 0 unspecified atom stereocenters. The second-order valence-corrected chi connectivity index (χ2v) is 7.40. The van der Waals surface area contributed by atoms with Crippen molar-refractivity contribution < 1.29 is 9.53 Å². The van der Waals surface area contributed by atoms with Crippen LogP contribution in [0.1, 0.15) is 23.5 Å². The zero-order chi connectivity index (χ0) is 22.0. The first-order valence-electron chi connectivity index (χ1n) is 10.7. The second kappa shape index (κ2) is 10.9. The number of nitrogens with one attached hydrogen (secondary N) is 1. The summed E-state index contributed by atoms with van der Waals surface area (Å²) < 4.78 is 5.63. The van der Waals surface area contributed by atoms with E-state index in [4.69, 9.17) is 4.74 Å². The molecular formula is C27H25N3O2. The molecule has 0 bridgehead atoms. The van der Waals surface area contributed by atoms with Crippen LogP contribution in [0.5, 0.6) is 5.88 Å². The molecular weight excluding hydrogens is 398 g/mol. The van der Waals surface area contributed by atoms with Crippen LogP contribution in [0.3, 0.4) is 0 Å². The zero-order valence-corrected chi connectivity index (χ0v) is 17.7. The molecule has 1 N–H and O–H groups in total. The molecule has 0 saturated heterocycles. The van der Waals surface area contributed by atoms with Crippen molar-refractivity contribution in [2.45, 2.75) is 12.3 Å². The summed E-state index contributed by atoms with van der Waals surface area (Å²) in [6.45, 7) is 0.726. The van der Waals surface area contributed by atoms with Crippen LogP contribution in [0.25, 0.3) is 11.3 Å². The molecule has 0 fully saturated rings. The Kier molecular flexibility index (Phi) is 7.21. The maximum atomic E-state index is 12.6. The minimum absolute atomic E-state index is 0.00900. The fourth-order valence-corrected chi connectivity index (χ4v) is 3.56. The summed E-state index contributed by atoms with van der Waals surface area (Å²) in [5, 5.41) is 11.3. The summed E-state index contributed by atoms with van der Waals surface area (Å²) in [6, 6.07) is 33.7. The van der Waals surface area contributed by atoms with Gasteiger partial charge in [0.2, 0.25) is 11.8 Å². The second-order valence-electron chi connectivity index (χ2n) is 7.40. The number of rotatable bonds is 9. The highest BCUT2D eigenvalue weighted by Gasteiger charge is 2.17. The molecule has 160 valence electrons. The summed E-state index contributed by atoms with van der Waals surface area (Å²) >= 11 is 0. The fraction of sp³-hybridized carbons (Fsp3) is 0.148. The first-order valence-corrected chi connectivity index (χ1v) is 10.7. The molecule has 0 saturated carbocycles. The molecule has 4 rings (SSSR count). The third-order valence-electron chi connectivity index (χ3n) is 5.18. The Balaban J connectivity index is 1.28. The summed E-state index contributed by atoms with van der Waals surface area (Å²) in [5.41, 5.74) is 4.04. The van der Waals surface area contributed by atoms with E-state index in [9.17, 15) is 4.79 Å². The maximum absolute atomic E-state index is 12.6. The van der Waals surface area contributed by atoms with Crippen LogP contribution in [0.4, 0.5) is 0 Å². The highest BCUT2D eigenvalue weighted by molar-refractivity contribution is 5.77. The van der Waals surface area contributed by atoms with Gasteiger partial charge in [0.25, 0.3) is 0 Å². The third kappa shape index (κ3) is 5.79. The van der Waals surface area contributed by atoms with E-state index in [1.54, 1.807) is 6.07 Å². The van der Waals surface area contributed by atoms with E-state index < -0.39 is 0 Å². The van der Waals surface area contributed by atoms with Crippen molar-refractivity contribution in [3.8, 4) is 17.1 Å². The van der Waals surface area contributed by atoms with Gasteiger partial charge in [-0.25, -0.2) is 0 Å². The quantitative estimate of drug-likeness (QED) is 0.391. The summed E-state index contributed by atoms with van der Waals surface area (Å²) in [7, 11) is 0. The smallest absolute Gasteiger partial charge is 0.233 e. The molecule has 3 aromatic carbocycles. The molecule has 0 spiro atoms. The number of hydrogen-bond acceptors (Lipinski definition) is 4. The first-order chi connectivity index (χ1) is 15.8. The molecule has 0 aliphatic carbocycles. The minimum atomic E-state index is -0.0168. The Morgan fingerprint density at radius 1 is 0.750 bits per heavy atom. The average molecular weight is 424 g/mol. The molecule has 5 heteroatoms. The monoisotopic (exact) mass is 423 g/mol. The molecule has 0 aliphatic rings. The van der Waals surface area contributed by atoms with E-state index in [2.05, 4.69) is 39.8 Å². The van der Waals surface area contributed by atoms with E-state index in [1.807, 2.05) is 72.8 Å². The lowest BCUT2D eigenvalue weighted by molar-refractivity contribution is -0.121. The van der Waals surface area contributed by atoms with Gasteiger partial charge in [0, 0.05) is 24.0 Å². The van der Waals surface area contributed by atoms with Crippen LogP contribution in [0.2, 0.25) is 0 Å². The Hall–Kier alpha value is -3.99. The van der Waals surface area contributed by atoms with Crippen LogP contribution in [0, 0.1) is 0 Å². The maximum Gasteiger partial charge on any atom is 0.233 e. The number of aromatic nitrogens is 2. The van der Waals surface area contributed by atoms with Gasteiger partial charge in [-0.05, 0) is 17.2 Å². The van der Waals surface area contributed by atoms with Crippen molar-refractivity contribution in [2.24, 2.45) is 0 Å². The Bertz CT molecular complexity index is 1060. The van der Waals surface area contributed by atoms with E-state index in [1.165, 1.54) is 0 Å². The molecule has 5 nitrogen and oxygen atoms in total. The van der Waals surface area contributed by atoms with Gasteiger partial charge >= 0.3 is 0 Å². The standard InChI is InChI=1S/C27H25N3O2/c31-26(20-24(21-10-4-1-5-11-21)22-12-6-2-7-13-22)28-18-19-32-27-17-16-25(29-30-27)23-14-8-3-9-15-23/h1-17,24H,18-20H2,(H,28,31). The van der Waals surface area contributed by atoms with Crippen LogP contribution < -0.4 is 10.1 Å². The van der Waals surface area contributed by atoms with Crippen molar-refractivity contribution in [2.75, 3.05) is 13.2 Å². The minimum Gasteiger partial charge on any atom is -0.475 e. The van der Waals surface area contributed by atoms with Gasteiger partial charge in [-0.3, -0.25) is 4.79 Å². The van der Waals surface area contributed by atoms with Crippen molar-refractivity contribution >= 4 is 5.91 Å². The van der Waals surface area contributed by atoms with Gasteiger partial charge in [-0.15, -0.1) is 10.2 Å². The summed E-state index contributed by atoms with van der Waals surface area (Å²) in [5.74, 6) is 0.428. The molecule has 1 heterocycles. The number of carbonyl (C=O) groups is 1. The Labute approximate surface area is 188 Å². The molecule has 1 amide bonds. The molecule has 0 atom stereocenters. The zero-order valence-electron chi connectivity index (χ0n) is 17.7. The predicted octanol–water partition coefficient (Wildman–Crippen LogP) is 4.86. The molecule has 1 aromatic heterocycles. The third-order valence-corrected chi connectivity index (χ3v) is 5.18. The summed E-state index contributed by atoms with van der Waals surface area (Å²) in [6.07, 6.45) is 0.375. The Morgan fingerprint density at radius 2 is 1.34 bits per heavy atom. The highest BCUT2D eigenvalue weighted by atomic mass is 16.5. The predicted molar refractivity (Wildman–Crippen MR) is 125 cm³/mol. The molecule has 32 heavy (non-hydrogen) atoms. The van der Waals surface area contributed by atoms with Gasteiger partial charge in [-0.2, -0.15) is 0 Å². The van der Waals surface area contributed by atoms with Crippen LogP contribution >= 0.6 is 0 Å². The van der Waals surface area contributed by atoms with E-state index in [0.717, 1.165) is 22.4 Å². The lowest BCUT2D eigenvalue weighted by Crippen LogP contribution is -2.29. The van der Waals surface area contributed by atoms with Crippen molar-refractivity contribution in [3.63, 3.8) is 0 Å². The highest BCUT2D eigenvalue weighted by Crippen LogP contribution is 2.27. The lowest BCUT2D eigenvalue weighted by Gasteiger charge is -2.18. The number of benzene rings is 3. The number of amides is 1. The Morgan fingerprint density at radius 3 is 1.91 bits per heavy atom. The van der Waals surface area contributed by atoms with E-state index >= 15 is 0 Å². The average Bonchev–Trinajstić information content (AvgIpc) is 2.87. The lowest BCUT2D eigenvalue weighted by atomic mass is 9.88. The first kappa shape index (κ1) is 21.2. The van der Waals surface area contributed by atoms with Gasteiger partial charge in [-0.1, -0.05) is 91.0 Å². The van der Waals surface area contributed by atoms with Gasteiger partial charge < -0.3 is 10.1 Å². The van der Waals surface area contributed by atoms with Crippen LogP contribution in [-0.4, -0.2) is 29.3 Å². The van der Waals surface area contributed by atoms with Crippen molar-refractivity contribution in [3.05, 3.63) is 114 Å². The largest absolute Gasteiger partial charge is 0.475 e. The van der Waals surface area contributed by atoms with Gasteiger partial charge in [0.05, 0.1) is 12.2 Å².